The van der Waals surface area contributed by atoms with Gasteiger partial charge in [0.15, 0.2) is 11.5 Å². The predicted octanol–water partition coefficient (Wildman–Crippen LogP) is 3.32. The Morgan fingerprint density at radius 2 is 1.79 bits per heavy atom. The highest BCUT2D eigenvalue weighted by atomic mass is 16.5. The molecule has 0 radical (unpaired) electrons. The van der Waals surface area contributed by atoms with E-state index in [0.717, 1.165) is 29.2 Å². The second-order valence-electron chi connectivity index (χ2n) is 6.33. The molecule has 4 rings (SSSR count). The van der Waals surface area contributed by atoms with E-state index < -0.39 is 0 Å². The average Bonchev–Trinajstić information content (AvgIpc) is 3.53. The van der Waals surface area contributed by atoms with Crippen LogP contribution in [0.3, 0.4) is 0 Å². The number of nitrogens with two attached hydrogens (primary N) is 1. The van der Waals surface area contributed by atoms with Crippen LogP contribution in [0.5, 0.6) is 11.5 Å². The first-order valence-electron chi connectivity index (χ1n) is 8.49. The lowest BCUT2D eigenvalue weighted by Gasteiger charge is -2.14. The third-order valence-corrected chi connectivity index (χ3v) is 4.18. The molecular formula is C19H26N2O3. The Balaban J connectivity index is 0.000000370. The zero-order chi connectivity index (χ0) is 16.9. The fraction of sp³-hybridized carbons (Fsp3) is 0.474. The fourth-order valence-corrected chi connectivity index (χ4v) is 2.37. The van der Waals surface area contributed by atoms with Crippen molar-refractivity contribution in [2.24, 2.45) is 5.73 Å². The van der Waals surface area contributed by atoms with Gasteiger partial charge in [-0.2, -0.15) is 0 Å². The van der Waals surface area contributed by atoms with Crippen molar-refractivity contribution in [2.75, 3.05) is 14.2 Å². The van der Waals surface area contributed by atoms with E-state index in [1.165, 1.54) is 25.7 Å². The van der Waals surface area contributed by atoms with Crippen LogP contribution in [0.15, 0.2) is 34.9 Å². The van der Waals surface area contributed by atoms with Gasteiger partial charge in [0, 0.05) is 24.2 Å². The molecule has 0 spiro atoms. The highest BCUT2D eigenvalue weighted by molar-refractivity contribution is 5.67. The number of hydrogen-bond acceptors (Lipinski definition) is 5. The lowest BCUT2D eigenvalue weighted by atomic mass is 10.0. The van der Waals surface area contributed by atoms with E-state index in [1.54, 1.807) is 20.5 Å². The number of benzene rings is 1. The molecule has 2 aliphatic carbocycles. The first kappa shape index (κ1) is 16.9. The molecule has 5 nitrogen and oxygen atoms in total. The van der Waals surface area contributed by atoms with Gasteiger partial charge in [-0.25, -0.2) is 0 Å². The van der Waals surface area contributed by atoms with Crippen LogP contribution in [0.25, 0.3) is 11.3 Å². The molecule has 24 heavy (non-hydrogen) atoms. The Hall–Kier alpha value is -1.98. The molecule has 2 fully saturated rings. The summed E-state index contributed by atoms with van der Waals surface area (Å²) in [5, 5.41) is 3.53. The summed E-state index contributed by atoms with van der Waals surface area (Å²) in [6.07, 6.45) is 6.75. The molecule has 0 bridgehead atoms. The maximum atomic E-state index is 5.53. The number of ether oxygens (including phenoxy) is 2. The standard InChI is InChI=1S/C16H19NO3.C3H7N/c1-18-15-8-11(10-17-12-5-6-12)13(9-16(15)19-2)14-4-3-7-20-14;4-3-1-2-3/h3-4,7-9,12,17H,5-6,10H2,1-2H3;3H,1-2,4H2. The number of nitrogens with one attached hydrogen (secondary N) is 1. The van der Waals surface area contributed by atoms with E-state index in [9.17, 15) is 0 Å². The Bertz CT molecular complexity index is 647. The predicted molar refractivity (Wildman–Crippen MR) is 94.3 cm³/mol. The van der Waals surface area contributed by atoms with Gasteiger partial charge in [0.2, 0.25) is 0 Å². The van der Waals surface area contributed by atoms with Gasteiger partial charge < -0.3 is 24.9 Å². The van der Waals surface area contributed by atoms with Crippen LogP contribution >= 0.6 is 0 Å². The number of rotatable bonds is 6. The summed E-state index contributed by atoms with van der Waals surface area (Å²) >= 11 is 0. The SMILES string of the molecule is COc1cc(CNC2CC2)c(-c2ccco2)cc1OC.NC1CC1. The third-order valence-electron chi connectivity index (χ3n) is 4.18. The highest BCUT2D eigenvalue weighted by Gasteiger charge is 2.22. The zero-order valence-electron chi connectivity index (χ0n) is 14.4. The second kappa shape index (κ2) is 7.73. The van der Waals surface area contributed by atoms with Crippen LogP contribution in [0.2, 0.25) is 0 Å². The second-order valence-corrected chi connectivity index (χ2v) is 6.33. The third kappa shape index (κ3) is 4.52. The van der Waals surface area contributed by atoms with E-state index in [4.69, 9.17) is 19.6 Å². The summed E-state index contributed by atoms with van der Waals surface area (Å²) in [5.41, 5.74) is 7.42. The topological polar surface area (TPSA) is 69.6 Å². The molecule has 1 aromatic carbocycles. The molecule has 3 N–H and O–H groups in total. The van der Waals surface area contributed by atoms with Crippen LogP contribution in [-0.4, -0.2) is 26.3 Å². The molecule has 0 unspecified atom stereocenters. The van der Waals surface area contributed by atoms with Crippen molar-refractivity contribution in [1.82, 2.24) is 5.32 Å². The molecule has 0 atom stereocenters. The molecule has 1 aromatic heterocycles. The summed E-state index contributed by atoms with van der Waals surface area (Å²) in [7, 11) is 3.30. The monoisotopic (exact) mass is 330 g/mol. The normalized spacial score (nSPS) is 16.3. The van der Waals surface area contributed by atoms with Gasteiger partial charge in [-0.1, -0.05) is 0 Å². The first-order valence-corrected chi connectivity index (χ1v) is 8.49. The van der Waals surface area contributed by atoms with E-state index in [1.807, 2.05) is 24.3 Å². The molecule has 5 heteroatoms. The van der Waals surface area contributed by atoms with Gasteiger partial charge in [0.05, 0.1) is 20.5 Å². The summed E-state index contributed by atoms with van der Waals surface area (Å²) in [5.74, 6) is 2.31. The average molecular weight is 330 g/mol. The van der Waals surface area contributed by atoms with Gasteiger partial charge in [0.1, 0.15) is 5.76 Å². The number of methoxy groups -OCH3 is 2. The van der Waals surface area contributed by atoms with E-state index >= 15 is 0 Å². The Morgan fingerprint density at radius 1 is 1.12 bits per heavy atom. The lowest BCUT2D eigenvalue weighted by Crippen LogP contribution is -2.16. The van der Waals surface area contributed by atoms with Crippen molar-refractivity contribution in [3.63, 3.8) is 0 Å². The minimum Gasteiger partial charge on any atom is -0.493 e. The number of furan rings is 1. The number of hydrogen-bond donors (Lipinski definition) is 2. The summed E-state index contributed by atoms with van der Waals surface area (Å²) in [6, 6.07) is 9.09. The minimum absolute atomic E-state index is 0.583. The van der Waals surface area contributed by atoms with Gasteiger partial charge >= 0.3 is 0 Å². The van der Waals surface area contributed by atoms with Crippen LogP contribution in [0, 0.1) is 0 Å². The van der Waals surface area contributed by atoms with Crippen LogP contribution in [-0.2, 0) is 6.54 Å². The van der Waals surface area contributed by atoms with Crippen molar-refractivity contribution in [2.45, 2.75) is 44.3 Å². The smallest absolute Gasteiger partial charge is 0.161 e. The molecule has 0 amide bonds. The van der Waals surface area contributed by atoms with Crippen molar-refractivity contribution in [3.05, 3.63) is 36.1 Å². The quantitative estimate of drug-likeness (QED) is 0.850. The zero-order valence-corrected chi connectivity index (χ0v) is 14.4. The Kier molecular flexibility index (Phi) is 5.43. The Labute approximate surface area is 143 Å². The molecule has 2 aliphatic rings. The molecule has 0 aliphatic heterocycles. The summed E-state index contributed by atoms with van der Waals surface area (Å²) < 4.78 is 16.3. The molecule has 2 aromatic rings. The first-order chi connectivity index (χ1) is 11.7. The molecule has 2 saturated carbocycles. The molecule has 0 saturated heterocycles. The van der Waals surface area contributed by atoms with Gasteiger partial charge in [-0.15, -0.1) is 0 Å². The van der Waals surface area contributed by atoms with Crippen LogP contribution in [0.4, 0.5) is 0 Å². The van der Waals surface area contributed by atoms with E-state index in [2.05, 4.69) is 5.32 Å². The molecular weight excluding hydrogens is 304 g/mol. The van der Waals surface area contributed by atoms with Crippen molar-refractivity contribution < 1.29 is 13.9 Å². The van der Waals surface area contributed by atoms with Crippen molar-refractivity contribution in [3.8, 4) is 22.8 Å². The van der Waals surface area contributed by atoms with Crippen LogP contribution < -0.4 is 20.5 Å². The van der Waals surface area contributed by atoms with Crippen molar-refractivity contribution in [1.29, 1.82) is 0 Å². The van der Waals surface area contributed by atoms with Gasteiger partial charge in [0.25, 0.3) is 0 Å². The Morgan fingerprint density at radius 3 is 2.29 bits per heavy atom. The van der Waals surface area contributed by atoms with Gasteiger partial charge in [-0.05, 0) is 55.5 Å². The van der Waals surface area contributed by atoms with Crippen LogP contribution in [0.1, 0.15) is 31.2 Å². The van der Waals surface area contributed by atoms with E-state index in [0.29, 0.717) is 17.8 Å². The van der Waals surface area contributed by atoms with E-state index in [-0.39, 0.29) is 0 Å². The van der Waals surface area contributed by atoms with Gasteiger partial charge in [-0.3, -0.25) is 0 Å². The maximum absolute atomic E-state index is 5.53. The van der Waals surface area contributed by atoms with Crippen molar-refractivity contribution >= 4 is 0 Å². The fourth-order valence-electron chi connectivity index (χ4n) is 2.37. The summed E-state index contributed by atoms with van der Waals surface area (Å²) in [4.78, 5) is 0. The molecule has 130 valence electrons. The molecule has 1 heterocycles. The largest absolute Gasteiger partial charge is 0.493 e. The summed E-state index contributed by atoms with van der Waals surface area (Å²) in [6.45, 7) is 0.807. The maximum Gasteiger partial charge on any atom is 0.161 e. The minimum atomic E-state index is 0.583. The highest BCUT2D eigenvalue weighted by Crippen LogP contribution is 2.36. The lowest BCUT2D eigenvalue weighted by molar-refractivity contribution is 0.354.